The molecule has 0 N–H and O–H groups in total. The quantitative estimate of drug-likeness (QED) is 0.665. The van der Waals surface area contributed by atoms with E-state index in [1.807, 2.05) is 0 Å². The molecule has 1 rings (SSSR count). The van der Waals surface area contributed by atoms with Crippen molar-refractivity contribution in [2.45, 2.75) is 39.8 Å². The van der Waals surface area contributed by atoms with Gasteiger partial charge in [0.25, 0.3) is 0 Å². The summed E-state index contributed by atoms with van der Waals surface area (Å²) in [6.07, 6.45) is 4.12. The van der Waals surface area contributed by atoms with Gasteiger partial charge in [0, 0.05) is 0 Å². The SMILES string of the molecule is CC(C)n1ccn(C(C)C)[c]1=[Ni]. The number of rotatable bonds is 2. The zero-order valence-electron chi connectivity index (χ0n) is 8.02. The van der Waals surface area contributed by atoms with Crippen molar-refractivity contribution in [1.29, 1.82) is 0 Å². The fraction of sp³-hybridized carbons (Fsp3) is 0.667. The van der Waals surface area contributed by atoms with Crippen molar-refractivity contribution < 1.29 is 15.0 Å². The molecule has 0 aliphatic rings. The van der Waals surface area contributed by atoms with Crippen molar-refractivity contribution in [2.24, 2.45) is 0 Å². The Morgan fingerprint density at radius 2 is 1.33 bits per heavy atom. The summed E-state index contributed by atoms with van der Waals surface area (Å²) in [6.45, 7) is 8.58. The molecule has 0 amide bonds. The minimum atomic E-state index is 0.466. The van der Waals surface area contributed by atoms with Gasteiger partial charge in [-0.1, -0.05) is 0 Å². The summed E-state index contributed by atoms with van der Waals surface area (Å²) in [7, 11) is 0. The van der Waals surface area contributed by atoms with Crippen molar-refractivity contribution in [3.63, 3.8) is 0 Å². The van der Waals surface area contributed by atoms with E-state index >= 15 is 0 Å². The van der Waals surface area contributed by atoms with Gasteiger partial charge in [-0.05, 0) is 0 Å². The van der Waals surface area contributed by atoms with Gasteiger partial charge in [-0.15, -0.1) is 0 Å². The minimum absolute atomic E-state index is 0.466. The molecule has 0 spiro atoms. The van der Waals surface area contributed by atoms with Crippen LogP contribution >= 0.6 is 0 Å². The van der Waals surface area contributed by atoms with Crippen molar-refractivity contribution in [2.75, 3.05) is 0 Å². The molecular formula is C9H16N2Ni. The Bertz CT molecular complexity index is 278. The van der Waals surface area contributed by atoms with Gasteiger partial charge in [-0.2, -0.15) is 0 Å². The van der Waals surface area contributed by atoms with Crippen molar-refractivity contribution >= 4 is 0 Å². The Morgan fingerprint density at radius 3 is 1.50 bits per heavy atom. The van der Waals surface area contributed by atoms with Crippen molar-refractivity contribution in [3.05, 3.63) is 16.8 Å². The molecule has 1 aromatic rings. The summed E-state index contributed by atoms with van der Waals surface area (Å²) in [4.78, 5) is 0. The molecule has 0 bridgehead atoms. The number of aromatic nitrogens is 2. The molecule has 0 aromatic carbocycles. The Kier molecular flexibility index (Phi) is 2.95. The van der Waals surface area contributed by atoms with Crippen LogP contribution in [-0.4, -0.2) is 9.13 Å². The summed E-state index contributed by atoms with van der Waals surface area (Å²) in [5, 5.41) is 0. The van der Waals surface area contributed by atoms with Crippen LogP contribution in [0.25, 0.3) is 0 Å². The normalized spacial score (nSPS) is 11.7. The van der Waals surface area contributed by atoms with E-state index in [9.17, 15) is 0 Å². The van der Waals surface area contributed by atoms with Gasteiger partial charge in [0.05, 0.1) is 0 Å². The van der Waals surface area contributed by atoms with Gasteiger partial charge in [0.15, 0.2) is 0 Å². The fourth-order valence-corrected chi connectivity index (χ4v) is 1.79. The first-order valence-corrected chi connectivity index (χ1v) is 4.77. The van der Waals surface area contributed by atoms with E-state index < -0.39 is 0 Å². The van der Waals surface area contributed by atoms with Gasteiger partial charge in [0.2, 0.25) is 0 Å². The van der Waals surface area contributed by atoms with Crippen molar-refractivity contribution in [3.8, 4) is 0 Å². The van der Waals surface area contributed by atoms with Crippen LogP contribution in [0.5, 0.6) is 0 Å². The first-order valence-electron chi connectivity index (χ1n) is 4.28. The van der Waals surface area contributed by atoms with Crippen LogP contribution in [0, 0.1) is 4.40 Å². The van der Waals surface area contributed by atoms with E-state index in [0.29, 0.717) is 12.1 Å². The van der Waals surface area contributed by atoms with E-state index in [1.165, 1.54) is 0 Å². The number of imidazole rings is 1. The second-order valence-corrected chi connectivity index (χ2v) is 3.98. The molecule has 0 aliphatic heterocycles. The second-order valence-electron chi connectivity index (χ2n) is 3.54. The molecule has 1 heterocycles. The van der Waals surface area contributed by atoms with E-state index in [2.05, 4.69) is 49.2 Å². The Labute approximate surface area is 81.1 Å². The Balaban J connectivity index is 3.14. The Hall–Kier alpha value is -0.296. The third-order valence-electron chi connectivity index (χ3n) is 1.89. The molecule has 0 fully saturated rings. The molecular weight excluding hydrogens is 195 g/mol. The summed E-state index contributed by atoms with van der Waals surface area (Å²) < 4.78 is 5.21. The third kappa shape index (κ3) is 1.71. The van der Waals surface area contributed by atoms with Gasteiger partial charge in [-0.25, -0.2) is 0 Å². The number of nitrogens with zero attached hydrogens (tertiary/aromatic N) is 2. The third-order valence-corrected chi connectivity index (χ3v) is 2.40. The summed E-state index contributed by atoms with van der Waals surface area (Å²) >= 11 is 4.99. The first-order chi connectivity index (χ1) is 5.54. The maximum atomic E-state index is 4.99. The van der Waals surface area contributed by atoms with Crippen LogP contribution in [0.3, 0.4) is 0 Å². The molecule has 12 heavy (non-hydrogen) atoms. The molecule has 0 saturated heterocycles. The van der Waals surface area contributed by atoms with E-state index in [-0.39, 0.29) is 0 Å². The van der Waals surface area contributed by atoms with Gasteiger partial charge < -0.3 is 0 Å². The topological polar surface area (TPSA) is 9.86 Å². The predicted molar refractivity (Wildman–Crippen MR) is 46.4 cm³/mol. The monoisotopic (exact) mass is 210 g/mol. The van der Waals surface area contributed by atoms with Gasteiger partial charge >= 0.3 is 80.7 Å². The van der Waals surface area contributed by atoms with Crippen LogP contribution in [-0.2, 0) is 15.0 Å². The molecule has 72 valence electrons. The molecule has 1 aromatic heterocycles. The van der Waals surface area contributed by atoms with Gasteiger partial charge in [0.1, 0.15) is 0 Å². The molecule has 0 radical (unpaired) electrons. The summed E-state index contributed by atoms with van der Waals surface area (Å²) in [5.74, 6) is 0. The van der Waals surface area contributed by atoms with E-state index in [4.69, 9.17) is 15.0 Å². The van der Waals surface area contributed by atoms with Crippen molar-refractivity contribution in [1.82, 2.24) is 9.13 Å². The first kappa shape index (κ1) is 9.79. The number of hydrogen-bond acceptors (Lipinski definition) is 0. The predicted octanol–water partition coefficient (Wildman–Crippen LogP) is 2.53. The molecule has 0 unspecified atom stereocenters. The van der Waals surface area contributed by atoms with Crippen LogP contribution in [0.15, 0.2) is 12.4 Å². The van der Waals surface area contributed by atoms with Crippen LogP contribution in [0.4, 0.5) is 0 Å². The van der Waals surface area contributed by atoms with E-state index in [0.717, 1.165) is 4.40 Å². The maximum absolute atomic E-state index is 4.99. The molecule has 2 nitrogen and oxygen atoms in total. The zero-order valence-corrected chi connectivity index (χ0v) is 9.01. The average molecular weight is 211 g/mol. The average Bonchev–Trinajstić information content (AvgIpc) is 2.30. The van der Waals surface area contributed by atoms with Crippen LogP contribution < -0.4 is 0 Å². The summed E-state index contributed by atoms with van der Waals surface area (Å²) in [6, 6.07) is 0.933. The second kappa shape index (κ2) is 3.61. The number of hydrogen-bond donors (Lipinski definition) is 0. The van der Waals surface area contributed by atoms with Crippen LogP contribution in [0.2, 0.25) is 0 Å². The van der Waals surface area contributed by atoms with Gasteiger partial charge in [-0.3, -0.25) is 0 Å². The molecule has 0 aliphatic carbocycles. The summed E-state index contributed by atoms with van der Waals surface area (Å²) in [5.41, 5.74) is 0. The molecule has 3 heteroatoms. The van der Waals surface area contributed by atoms with Crippen LogP contribution in [0.1, 0.15) is 39.8 Å². The Morgan fingerprint density at radius 1 is 1.00 bits per heavy atom. The molecule has 0 saturated carbocycles. The standard InChI is InChI=1S/C9H16N2.Ni/c1-8(2)10-5-6-11(7-10)9(3)4;/h5-6,8-9H,1-4H3;. The zero-order chi connectivity index (χ0) is 9.30. The van der Waals surface area contributed by atoms with E-state index in [1.54, 1.807) is 0 Å². The fourth-order valence-electron chi connectivity index (χ4n) is 1.13. The molecule has 0 atom stereocenters.